The van der Waals surface area contributed by atoms with Gasteiger partial charge in [-0.3, -0.25) is 0 Å². The van der Waals surface area contributed by atoms with Crippen LogP contribution in [-0.2, 0) is 9.53 Å². The molecule has 13 heavy (non-hydrogen) atoms. The molecular weight excluding hydrogens is 166 g/mol. The van der Waals surface area contributed by atoms with E-state index in [1.807, 2.05) is 0 Å². The van der Waals surface area contributed by atoms with E-state index in [-0.39, 0.29) is 5.97 Å². The number of carbonyl (C=O) groups excluding carboxylic acids is 1. The molecule has 0 spiro atoms. The third kappa shape index (κ3) is 2.56. The summed E-state index contributed by atoms with van der Waals surface area (Å²) < 4.78 is 4.74. The molecule has 1 rings (SSSR count). The molecule has 1 aliphatic rings. The number of nitrogens with one attached hydrogen (secondary N) is 1. The molecule has 0 atom stereocenters. The molecule has 0 aromatic rings. The van der Waals surface area contributed by atoms with Crippen LogP contribution in [0.2, 0.25) is 0 Å². The third-order valence-electron chi connectivity index (χ3n) is 2.30. The first-order valence-electron chi connectivity index (χ1n) is 4.79. The van der Waals surface area contributed by atoms with E-state index in [1.165, 1.54) is 12.7 Å². The molecule has 3 nitrogen and oxygen atoms in total. The second-order valence-corrected chi connectivity index (χ2v) is 3.25. The van der Waals surface area contributed by atoms with Gasteiger partial charge in [-0.05, 0) is 25.0 Å². The van der Waals surface area contributed by atoms with Crippen molar-refractivity contribution in [2.45, 2.75) is 26.2 Å². The number of rotatable bonds is 3. The Morgan fingerprint density at radius 1 is 1.62 bits per heavy atom. The van der Waals surface area contributed by atoms with E-state index in [4.69, 9.17) is 4.74 Å². The topological polar surface area (TPSA) is 38.3 Å². The van der Waals surface area contributed by atoms with Gasteiger partial charge in [0.2, 0.25) is 0 Å². The van der Waals surface area contributed by atoms with Gasteiger partial charge in [0.25, 0.3) is 0 Å². The number of hydrogen-bond acceptors (Lipinski definition) is 3. The smallest absolute Gasteiger partial charge is 0.333 e. The average Bonchev–Trinajstić information content (AvgIpc) is 2.18. The summed E-state index contributed by atoms with van der Waals surface area (Å²) in [6, 6.07) is 0. The Morgan fingerprint density at radius 2 is 2.38 bits per heavy atom. The number of methoxy groups -OCH3 is 1. The van der Waals surface area contributed by atoms with Crippen molar-refractivity contribution in [3.8, 4) is 0 Å². The Kier molecular flexibility index (Phi) is 3.96. The minimum absolute atomic E-state index is 0.148. The van der Waals surface area contributed by atoms with Gasteiger partial charge < -0.3 is 10.1 Å². The van der Waals surface area contributed by atoms with Crippen LogP contribution in [-0.4, -0.2) is 26.2 Å². The molecule has 0 aromatic carbocycles. The maximum absolute atomic E-state index is 11.3. The molecule has 0 bridgehead atoms. The third-order valence-corrected chi connectivity index (χ3v) is 2.30. The standard InChI is InChI=1S/C10H17NO2/c1-3-4-8-7-11-6-5-9(8)10(12)13-2/h11H,3-7H2,1-2H3. The van der Waals surface area contributed by atoms with Gasteiger partial charge in [0.1, 0.15) is 0 Å². The van der Waals surface area contributed by atoms with Gasteiger partial charge in [-0.15, -0.1) is 0 Å². The highest BCUT2D eigenvalue weighted by Gasteiger charge is 2.18. The fourth-order valence-electron chi connectivity index (χ4n) is 1.65. The Labute approximate surface area is 79.2 Å². The number of hydrogen-bond donors (Lipinski definition) is 1. The lowest BCUT2D eigenvalue weighted by Crippen LogP contribution is -2.28. The van der Waals surface area contributed by atoms with Gasteiger partial charge in [-0.2, -0.15) is 0 Å². The molecule has 1 N–H and O–H groups in total. The molecule has 1 heterocycles. The first kappa shape index (κ1) is 10.3. The summed E-state index contributed by atoms with van der Waals surface area (Å²) in [6.07, 6.45) is 2.89. The van der Waals surface area contributed by atoms with E-state index >= 15 is 0 Å². The SMILES string of the molecule is CCCC1=C(C(=O)OC)CCNC1. The first-order valence-corrected chi connectivity index (χ1v) is 4.79. The quantitative estimate of drug-likeness (QED) is 0.669. The van der Waals surface area contributed by atoms with Crippen LogP contribution in [0, 0.1) is 0 Å². The fraction of sp³-hybridized carbons (Fsp3) is 0.700. The second-order valence-electron chi connectivity index (χ2n) is 3.25. The van der Waals surface area contributed by atoms with Crippen molar-refractivity contribution in [1.29, 1.82) is 0 Å². The summed E-state index contributed by atoms with van der Waals surface area (Å²) >= 11 is 0. The van der Waals surface area contributed by atoms with Gasteiger partial charge in [-0.25, -0.2) is 4.79 Å². The fourth-order valence-corrected chi connectivity index (χ4v) is 1.65. The predicted octanol–water partition coefficient (Wildman–Crippen LogP) is 1.25. The van der Waals surface area contributed by atoms with Crippen LogP contribution in [0.1, 0.15) is 26.2 Å². The molecular formula is C10H17NO2. The molecule has 0 fully saturated rings. The molecule has 1 aliphatic heterocycles. The molecule has 0 radical (unpaired) electrons. The molecule has 3 heteroatoms. The van der Waals surface area contributed by atoms with E-state index in [0.29, 0.717) is 0 Å². The summed E-state index contributed by atoms with van der Waals surface area (Å²) in [5.41, 5.74) is 2.11. The van der Waals surface area contributed by atoms with Gasteiger partial charge in [0, 0.05) is 12.1 Å². The van der Waals surface area contributed by atoms with E-state index in [0.717, 1.165) is 37.9 Å². The zero-order chi connectivity index (χ0) is 9.68. The monoisotopic (exact) mass is 183 g/mol. The second kappa shape index (κ2) is 5.02. The number of esters is 1. The maximum atomic E-state index is 11.3. The van der Waals surface area contributed by atoms with Crippen molar-refractivity contribution >= 4 is 5.97 Å². The zero-order valence-corrected chi connectivity index (χ0v) is 8.35. The van der Waals surface area contributed by atoms with Crippen molar-refractivity contribution in [1.82, 2.24) is 5.32 Å². The zero-order valence-electron chi connectivity index (χ0n) is 8.35. The van der Waals surface area contributed by atoms with E-state index in [2.05, 4.69) is 12.2 Å². The molecule has 0 saturated heterocycles. The number of carbonyl (C=O) groups is 1. The van der Waals surface area contributed by atoms with Crippen LogP contribution >= 0.6 is 0 Å². The van der Waals surface area contributed by atoms with Crippen molar-refractivity contribution in [3.63, 3.8) is 0 Å². The van der Waals surface area contributed by atoms with Crippen LogP contribution < -0.4 is 5.32 Å². The van der Waals surface area contributed by atoms with Crippen molar-refractivity contribution in [2.75, 3.05) is 20.2 Å². The van der Waals surface area contributed by atoms with Crippen LogP contribution in [0.15, 0.2) is 11.1 Å². The minimum Gasteiger partial charge on any atom is -0.466 e. The summed E-state index contributed by atoms with van der Waals surface area (Å²) in [7, 11) is 1.45. The van der Waals surface area contributed by atoms with Crippen molar-refractivity contribution in [2.24, 2.45) is 0 Å². The number of ether oxygens (including phenoxy) is 1. The first-order chi connectivity index (χ1) is 6.29. The largest absolute Gasteiger partial charge is 0.466 e. The minimum atomic E-state index is -0.148. The van der Waals surface area contributed by atoms with E-state index < -0.39 is 0 Å². The lowest BCUT2D eigenvalue weighted by molar-refractivity contribution is -0.136. The van der Waals surface area contributed by atoms with E-state index in [9.17, 15) is 4.79 Å². The Morgan fingerprint density at radius 3 is 3.00 bits per heavy atom. The van der Waals surface area contributed by atoms with Crippen LogP contribution in [0.5, 0.6) is 0 Å². The summed E-state index contributed by atoms with van der Waals surface area (Å²) in [5.74, 6) is -0.148. The van der Waals surface area contributed by atoms with Gasteiger partial charge in [0.15, 0.2) is 0 Å². The van der Waals surface area contributed by atoms with Crippen LogP contribution in [0.4, 0.5) is 0 Å². The highest BCUT2D eigenvalue weighted by atomic mass is 16.5. The maximum Gasteiger partial charge on any atom is 0.333 e. The molecule has 74 valence electrons. The Balaban J connectivity index is 2.76. The van der Waals surface area contributed by atoms with Crippen LogP contribution in [0.25, 0.3) is 0 Å². The molecule has 0 saturated carbocycles. The molecule has 0 aliphatic carbocycles. The highest BCUT2D eigenvalue weighted by Crippen LogP contribution is 2.18. The molecule has 0 amide bonds. The lowest BCUT2D eigenvalue weighted by atomic mass is 9.98. The van der Waals surface area contributed by atoms with Gasteiger partial charge in [0.05, 0.1) is 7.11 Å². The lowest BCUT2D eigenvalue weighted by Gasteiger charge is -2.19. The normalized spacial score (nSPS) is 17.4. The predicted molar refractivity (Wildman–Crippen MR) is 51.4 cm³/mol. The Bertz CT molecular complexity index is 221. The van der Waals surface area contributed by atoms with E-state index in [1.54, 1.807) is 0 Å². The molecule has 0 aromatic heterocycles. The summed E-state index contributed by atoms with van der Waals surface area (Å²) in [6.45, 7) is 3.85. The van der Waals surface area contributed by atoms with Crippen molar-refractivity contribution in [3.05, 3.63) is 11.1 Å². The van der Waals surface area contributed by atoms with Gasteiger partial charge in [-0.1, -0.05) is 13.3 Å². The summed E-state index contributed by atoms with van der Waals surface area (Å²) in [5, 5.41) is 3.26. The average molecular weight is 183 g/mol. The molecule has 0 unspecified atom stereocenters. The van der Waals surface area contributed by atoms with Gasteiger partial charge >= 0.3 is 5.97 Å². The Hall–Kier alpha value is -0.830. The van der Waals surface area contributed by atoms with Crippen LogP contribution in [0.3, 0.4) is 0 Å². The van der Waals surface area contributed by atoms with Crippen molar-refractivity contribution < 1.29 is 9.53 Å². The summed E-state index contributed by atoms with van der Waals surface area (Å²) in [4.78, 5) is 11.3. The highest BCUT2D eigenvalue weighted by molar-refractivity contribution is 5.89.